The number of carbonyl (C=O) groups is 1. The molecule has 1 heterocycles. The molecule has 1 amide bonds. The maximum absolute atomic E-state index is 13.2. The fraction of sp³-hybridized carbons (Fsp3) is 0.103. The van der Waals surface area contributed by atoms with E-state index in [1.165, 1.54) is 23.1 Å². The van der Waals surface area contributed by atoms with E-state index >= 15 is 0 Å². The van der Waals surface area contributed by atoms with Crippen LogP contribution in [0.5, 0.6) is 11.5 Å². The zero-order chi connectivity index (χ0) is 26.6. The average Bonchev–Trinajstić information content (AvgIpc) is 3.20. The molecule has 1 aliphatic heterocycles. The van der Waals surface area contributed by atoms with E-state index in [1.807, 2.05) is 49.4 Å². The van der Waals surface area contributed by atoms with Crippen LogP contribution in [0, 0.1) is 10.1 Å². The van der Waals surface area contributed by atoms with Crippen LogP contribution in [0.4, 0.5) is 11.4 Å². The Morgan fingerprint density at radius 3 is 2.58 bits per heavy atom. The minimum Gasteiger partial charge on any atom is -0.490 e. The molecule has 5 rings (SSSR count). The maximum Gasteiger partial charge on any atom is 0.271 e. The number of ether oxygens (including phenoxy) is 2. The van der Waals surface area contributed by atoms with Gasteiger partial charge in [0.25, 0.3) is 11.6 Å². The molecule has 0 atom stereocenters. The van der Waals surface area contributed by atoms with E-state index < -0.39 is 4.92 Å². The van der Waals surface area contributed by atoms with Gasteiger partial charge in [0.15, 0.2) is 15.8 Å². The molecule has 38 heavy (non-hydrogen) atoms. The van der Waals surface area contributed by atoms with Crippen LogP contribution in [0.2, 0.25) is 0 Å². The number of non-ortho nitro benzene ring substituents is 1. The van der Waals surface area contributed by atoms with Crippen LogP contribution >= 0.6 is 24.0 Å². The minimum atomic E-state index is -0.504. The van der Waals surface area contributed by atoms with E-state index in [0.29, 0.717) is 39.6 Å². The number of nitro groups is 1. The first kappa shape index (κ1) is 25.4. The molecule has 1 saturated heterocycles. The molecule has 4 aromatic carbocycles. The van der Waals surface area contributed by atoms with E-state index in [1.54, 1.807) is 12.1 Å². The van der Waals surface area contributed by atoms with E-state index in [-0.39, 0.29) is 11.6 Å². The van der Waals surface area contributed by atoms with Crippen LogP contribution in [0.1, 0.15) is 18.1 Å². The molecular weight excluding hydrogens is 520 g/mol. The summed E-state index contributed by atoms with van der Waals surface area (Å²) in [5.41, 5.74) is 2.06. The molecule has 190 valence electrons. The lowest BCUT2D eigenvalue weighted by atomic mass is 10.1. The Kier molecular flexibility index (Phi) is 7.39. The second-order valence-electron chi connectivity index (χ2n) is 8.36. The molecule has 0 spiro atoms. The van der Waals surface area contributed by atoms with Gasteiger partial charge in [-0.2, -0.15) is 0 Å². The van der Waals surface area contributed by atoms with Gasteiger partial charge in [0.1, 0.15) is 6.61 Å². The summed E-state index contributed by atoms with van der Waals surface area (Å²) in [5.74, 6) is 0.825. The van der Waals surface area contributed by atoms with Crippen molar-refractivity contribution in [2.24, 2.45) is 0 Å². The van der Waals surface area contributed by atoms with Crippen molar-refractivity contribution in [2.75, 3.05) is 11.5 Å². The molecule has 0 unspecified atom stereocenters. The SMILES string of the molecule is CCOc1cc(/C=C2\SC(=S)N(c3cccc([N+](=O)[O-])c3)C2=O)ccc1OCc1cccc2ccccc12. The molecular formula is C29H22N2O5S2. The van der Waals surface area contributed by atoms with Crippen molar-refractivity contribution in [1.29, 1.82) is 0 Å². The molecule has 7 nitrogen and oxygen atoms in total. The number of hydrogen-bond donors (Lipinski definition) is 0. The lowest BCUT2D eigenvalue weighted by Crippen LogP contribution is -2.27. The Bertz CT molecular complexity index is 1600. The number of carbonyl (C=O) groups excluding carboxylic acids is 1. The van der Waals surface area contributed by atoms with Crippen molar-refractivity contribution in [3.63, 3.8) is 0 Å². The number of benzene rings is 4. The summed E-state index contributed by atoms with van der Waals surface area (Å²) >= 11 is 6.56. The number of fused-ring (bicyclic) bond motifs is 1. The summed E-state index contributed by atoms with van der Waals surface area (Å²) in [6.07, 6.45) is 1.73. The van der Waals surface area contributed by atoms with Gasteiger partial charge in [-0.1, -0.05) is 78.6 Å². The maximum atomic E-state index is 13.2. The predicted octanol–water partition coefficient (Wildman–Crippen LogP) is 7.13. The zero-order valence-corrected chi connectivity index (χ0v) is 22.0. The van der Waals surface area contributed by atoms with Crippen LogP contribution in [0.3, 0.4) is 0 Å². The Balaban J connectivity index is 1.38. The number of nitro benzene ring substituents is 1. The third kappa shape index (κ3) is 5.25. The number of hydrogen-bond acceptors (Lipinski definition) is 7. The lowest BCUT2D eigenvalue weighted by molar-refractivity contribution is -0.384. The van der Waals surface area contributed by atoms with Crippen LogP contribution in [0.15, 0.2) is 89.8 Å². The first-order valence-corrected chi connectivity index (χ1v) is 13.1. The highest BCUT2D eigenvalue weighted by molar-refractivity contribution is 8.27. The Hall–Kier alpha value is -4.21. The number of thiocarbonyl (C=S) groups is 1. The Labute approximate surface area is 228 Å². The van der Waals surface area contributed by atoms with Gasteiger partial charge in [0.2, 0.25) is 0 Å². The van der Waals surface area contributed by atoms with Gasteiger partial charge in [-0.15, -0.1) is 0 Å². The molecule has 0 aromatic heterocycles. The summed E-state index contributed by atoms with van der Waals surface area (Å²) in [4.78, 5) is 25.6. The van der Waals surface area contributed by atoms with Crippen molar-refractivity contribution in [3.8, 4) is 11.5 Å². The molecule has 4 aromatic rings. The Morgan fingerprint density at radius 1 is 0.974 bits per heavy atom. The predicted molar refractivity (Wildman–Crippen MR) is 155 cm³/mol. The van der Waals surface area contributed by atoms with Gasteiger partial charge in [-0.05, 0) is 53.1 Å². The number of rotatable bonds is 8. The van der Waals surface area contributed by atoms with Gasteiger partial charge in [0.05, 0.1) is 22.1 Å². The van der Waals surface area contributed by atoms with Gasteiger partial charge < -0.3 is 9.47 Å². The summed E-state index contributed by atoms with van der Waals surface area (Å²) in [7, 11) is 0. The van der Waals surface area contributed by atoms with Gasteiger partial charge in [-0.25, -0.2) is 0 Å². The largest absolute Gasteiger partial charge is 0.490 e. The third-order valence-electron chi connectivity index (χ3n) is 5.92. The highest BCUT2D eigenvalue weighted by Crippen LogP contribution is 2.38. The number of anilines is 1. The summed E-state index contributed by atoms with van der Waals surface area (Å²) in [6, 6.07) is 25.6. The molecule has 1 aliphatic rings. The Morgan fingerprint density at radius 2 is 1.76 bits per heavy atom. The van der Waals surface area contributed by atoms with Crippen LogP contribution < -0.4 is 14.4 Å². The summed E-state index contributed by atoms with van der Waals surface area (Å²) in [5, 5.41) is 13.4. The molecule has 0 radical (unpaired) electrons. The van der Waals surface area contributed by atoms with Crippen molar-refractivity contribution in [3.05, 3.63) is 111 Å². The fourth-order valence-electron chi connectivity index (χ4n) is 4.16. The van der Waals surface area contributed by atoms with Gasteiger partial charge in [0, 0.05) is 12.1 Å². The monoisotopic (exact) mass is 542 g/mol. The minimum absolute atomic E-state index is 0.110. The normalized spacial score (nSPS) is 14.3. The highest BCUT2D eigenvalue weighted by Gasteiger charge is 2.34. The topological polar surface area (TPSA) is 81.9 Å². The number of amides is 1. The van der Waals surface area contributed by atoms with E-state index in [0.717, 1.165) is 33.7 Å². The van der Waals surface area contributed by atoms with Gasteiger partial charge >= 0.3 is 0 Å². The van der Waals surface area contributed by atoms with Crippen molar-refractivity contribution < 1.29 is 19.2 Å². The van der Waals surface area contributed by atoms with Crippen molar-refractivity contribution in [2.45, 2.75) is 13.5 Å². The first-order chi connectivity index (χ1) is 18.4. The summed E-state index contributed by atoms with van der Waals surface area (Å²) in [6.45, 7) is 2.72. The smallest absolute Gasteiger partial charge is 0.271 e. The molecule has 0 N–H and O–H groups in total. The number of thioether (sulfide) groups is 1. The lowest BCUT2D eigenvalue weighted by Gasteiger charge is -2.14. The standard InChI is InChI=1S/C29H22N2O5S2/c1-2-35-26-15-19(13-14-25(26)36-18-21-9-5-8-20-7-3-4-12-24(20)21)16-27-28(32)30(29(37)38-27)22-10-6-11-23(17-22)31(33)34/h3-17H,2,18H2,1H3/b27-16-. The zero-order valence-electron chi connectivity index (χ0n) is 20.3. The van der Waals surface area contributed by atoms with Gasteiger partial charge in [-0.3, -0.25) is 19.8 Å². The van der Waals surface area contributed by atoms with Crippen molar-refractivity contribution >= 4 is 62.4 Å². The first-order valence-electron chi connectivity index (χ1n) is 11.8. The second kappa shape index (κ2) is 11.0. The van der Waals surface area contributed by atoms with Crippen molar-refractivity contribution in [1.82, 2.24) is 0 Å². The van der Waals surface area contributed by atoms with Crippen LogP contribution in [-0.2, 0) is 11.4 Å². The molecule has 9 heteroatoms. The van der Waals surface area contributed by atoms with Crippen LogP contribution in [-0.4, -0.2) is 21.8 Å². The molecule has 0 aliphatic carbocycles. The van der Waals surface area contributed by atoms with E-state index in [4.69, 9.17) is 21.7 Å². The molecule has 0 bridgehead atoms. The highest BCUT2D eigenvalue weighted by atomic mass is 32.2. The van der Waals surface area contributed by atoms with E-state index in [9.17, 15) is 14.9 Å². The summed E-state index contributed by atoms with van der Waals surface area (Å²) < 4.78 is 12.3. The second-order valence-corrected chi connectivity index (χ2v) is 10.0. The average molecular weight is 543 g/mol. The third-order valence-corrected chi connectivity index (χ3v) is 7.22. The molecule has 0 saturated carbocycles. The number of nitrogens with zero attached hydrogens (tertiary/aromatic N) is 2. The van der Waals surface area contributed by atoms with Crippen LogP contribution in [0.25, 0.3) is 16.8 Å². The fourth-order valence-corrected chi connectivity index (χ4v) is 5.46. The van der Waals surface area contributed by atoms with E-state index in [2.05, 4.69) is 18.2 Å². The quantitative estimate of drug-likeness (QED) is 0.101. The molecule has 1 fully saturated rings.